The van der Waals surface area contributed by atoms with Crippen LogP contribution in [0.3, 0.4) is 0 Å². The van der Waals surface area contributed by atoms with Gasteiger partial charge in [-0.2, -0.15) is 0 Å². The maximum Gasteiger partial charge on any atom is -0.0316 e. The highest BCUT2D eigenvalue weighted by Gasteiger charge is 2.44. The van der Waals surface area contributed by atoms with Crippen molar-refractivity contribution in [1.82, 2.24) is 0 Å². The summed E-state index contributed by atoms with van der Waals surface area (Å²) in [5.74, 6) is 2.46. The van der Waals surface area contributed by atoms with Gasteiger partial charge in [-0.05, 0) is 43.9 Å². The van der Waals surface area contributed by atoms with E-state index in [0.29, 0.717) is 0 Å². The van der Waals surface area contributed by atoms with Crippen molar-refractivity contribution in [1.29, 1.82) is 0 Å². The number of fused-ring (bicyclic) bond motifs is 1. The zero-order valence-electron chi connectivity index (χ0n) is 5.84. The molecule has 0 aromatic carbocycles. The first kappa shape index (κ1) is 5.52. The summed E-state index contributed by atoms with van der Waals surface area (Å²) in [7, 11) is 0. The third-order valence-electron chi connectivity index (χ3n) is 2.64. The minimum absolute atomic E-state index is 1.23. The third-order valence-corrected chi connectivity index (χ3v) is 2.64. The fourth-order valence-electron chi connectivity index (χ4n) is 1.35. The van der Waals surface area contributed by atoms with Crippen molar-refractivity contribution in [2.24, 2.45) is 11.8 Å². The second-order valence-electron chi connectivity index (χ2n) is 3.38. The molecule has 0 amide bonds. The predicted octanol–water partition coefficient (Wildman–Crippen LogP) is 2.75. The molecular formula is C9H14. The van der Waals surface area contributed by atoms with Crippen molar-refractivity contribution >= 4 is 0 Å². The summed E-state index contributed by atoms with van der Waals surface area (Å²) in [6.45, 7) is 0. The van der Waals surface area contributed by atoms with E-state index in [2.05, 4.69) is 12.2 Å². The molecule has 2 saturated carbocycles. The summed E-state index contributed by atoms with van der Waals surface area (Å²) in [6.07, 6.45) is 11.7. The molecule has 2 fully saturated rings. The Balaban J connectivity index is 0.0000000767. The molecule has 0 nitrogen and oxygen atoms in total. The van der Waals surface area contributed by atoms with Gasteiger partial charge in [0.05, 0.1) is 0 Å². The second kappa shape index (κ2) is 2.17. The molecule has 50 valence electrons. The molecule has 0 N–H and O–H groups in total. The van der Waals surface area contributed by atoms with Gasteiger partial charge in [0.1, 0.15) is 0 Å². The number of hydrogen-bond acceptors (Lipinski definition) is 0. The standard InChI is InChI=1S/C5H8.C4H6/c1-2-5-3-4(1)5;1-2-4-3-1/h4-5H,1-3H2;1-2H,3-4H2. The van der Waals surface area contributed by atoms with Gasteiger partial charge >= 0.3 is 0 Å². The van der Waals surface area contributed by atoms with Crippen LogP contribution >= 0.6 is 0 Å². The molecule has 0 spiro atoms. The Hall–Kier alpha value is -0.260. The SMILES string of the molecule is C1=CCC1.C1CC2CC12. The highest BCUT2D eigenvalue weighted by atomic mass is 14.5. The van der Waals surface area contributed by atoms with E-state index in [1.54, 1.807) is 19.3 Å². The molecule has 3 aliphatic rings. The molecule has 9 heavy (non-hydrogen) atoms. The molecule has 0 heterocycles. The van der Waals surface area contributed by atoms with Crippen molar-refractivity contribution in [3.63, 3.8) is 0 Å². The van der Waals surface area contributed by atoms with Crippen LogP contribution in [0, 0.1) is 11.8 Å². The molecule has 0 radical (unpaired) electrons. The zero-order chi connectivity index (χ0) is 6.10. The van der Waals surface area contributed by atoms with E-state index >= 15 is 0 Å². The van der Waals surface area contributed by atoms with Gasteiger partial charge in [0.2, 0.25) is 0 Å². The monoisotopic (exact) mass is 122 g/mol. The molecule has 2 unspecified atom stereocenters. The second-order valence-corrected chi connectivity index (χ2v) is 3.38. The first-order valence-corrected chi connectivity index (χ1v) is 4.12. The summed E-state index contributed by atoms with van der Waals surface area (Å²) in [6, 6.07) is 0. The highest BCUT2D eigenvalue weighted by Crippen LogP contribution is 2.55. The Morgan fingerprint density at radius 2 is 1.33 bits per heavy atom. The minimum atomic E-state index is 1.23. The number of rotatable bonds is 0. The Morgan fingerprint density at radius 1 is 0.889 bits per heavy atom. The van der Waals surface area contributed by atoms with E-state index in [4.69, 9.17) is 0 Å². The normalized spacial score (nSPS) is 40.9. The zero-order valence-corrected chi connectivity index (χ0v) is 5.84. The van der Waals surface area contributed by atoms with Crippen LogP contribution in [0.25, 0.3) is 0 Å². The van der Waals surface area contributed by atoms with Gasteiger partial charge in [0.15, 0.2) is 0 Å². The summed E-state index contributed by atoms with van der Waals surface area (Å²) in [5, 5.41) is 0. The molecule has 3 aliphatic carbocycles. The molecule has 0 aromatic heterocycles. The first-order valence-electron chi connectivity index (χ1n) is 4.12. The van der Waals surface area contributed by atoms with E-state index in [-0.39, 0.29) is 0 Å². The van der Waals surface area contributed by atoms with Crippen molar-refractivity contribution in [3.05, 3.63) is 12.2 Å². The average molecular weight is 122 g/mol. The minimum Gasteiger partial charge on any atom is -0.0882 e. The van der Waals surface area contributed by atoms with Crippen LogP contribution < -0.4 is 0 Å². The quantitative estimate of drug-likeness (QED) is 0.433. The van der Waals surface area contributed by atoms with Crippen LogP contribution in [0.4, 0.5) is 0 Å². The van der Waals surface area contributed by atoms with Crippen LogP contribution in [-0.4, -0.2) is 0 Å². The van der Waals surface area contributed by atoms with Crippen molar-refractivity contribution in [3.8, 4) is 0 Å². The Kier molecular flexibility index (Phi) is 1.33. The lowest BCUT2D eigenvalue weighted by molar-refractivity contribution is 0.468. The van der Waals surface area contributed by atoms with Gasteiger partial charge in [-0.1, -0.05) is 12.2 Å². The van der Waals surface area contributed by atoms with Gasteiger partial charge in [0.25, 0.3) is 0 Å². The molecule has 0 bridgehead atoms. The lowest BCUT2D eigenvalue weighted by atomic mass is 10.0. The van der Waals surface area contributed by atoms with E-state index in [0.717, 1.165) is 0 Å². The predicted molar refractivity (Wildman–Crippen MR) is 39.2 cm³/mol. The summed E-state index contributed by atoms with van der Waals surface area (Å²) in [4.78, 5) is 0. The van der Waals surface area contributed by atoms with Crippen LogP contribution in [0.5, 0.6) is 0 Å². The first-order chi connectivity index (χ1) is 4.47. The van der Waals surface area contributed by atoms with Gasteiger partial charge in [-0.25, -0.2) is 0 Å². The topological polar surface area (TPSA) is 0 Å². The average Bonchev–Trinajstić information content (AvgIpc) is 2.06. The van der Waals surface area contributed by atoms with Crippen LogP contribution in [-0.2, 0) is 0 Å². The molecule has 0 saturated heterocycles. The van der Waals surface area contributed by atoms with E-state index in [1.165, 1.54) is 24.7 Å². The lowest BCUT2D eigenvalue weighted by Crippen LogP contribution is -1.93. The van der Waals surface area contributed by atoms with Gasteiger partial charge in [0, 0.05) is 0 Å². The van der Waals surface area contributed by atoms with Crippen molar-refractivity contribution in [2.45, 2.75) is 32.1 Å². The van der Waals surface area contributed by atoms with Gasteiger partial charge in [-0.3, -0.25) is 0 Å². The summed E-state index contributed by atoms with van der Waals surface area (Å²) >= 11 is 0. The molecule has 2 atom stereocenters. The molecular weight excluding hydrogens is 108 g/mol. The Bertz CT molecular complexity index is 106. The number of allylic oxidation sites excluding steroid dienone is 2. The van der Waals surface area contributed by atoms with Gasteiger partial charge in [-0.15, -0.1) is 0 Å². The lowest BCUT2D eigenvalue weighted by Gasteiger charge is -2.04. The Labute approximate surface area is 57.0 Å². The number of hydrogen-bond donors (Lipinski definition) is 0. The fourth-order valence-corrected chi connectivity index (χ4v) is 1.35. The van der Waals surface area contributed by atoms with E-state index in [1.807, 2.05) is 0 Å². The largest absolute Gasteiger partial charge is 0.0882 e. The highest BCUT2D eigenvalue weighted by molar-refractivity contribution is 4.95. The van der Waals surface area contributed by atoms with Crippen molar-refractivity contribution in [2.75, 3.05) is 0 Å². The Morgan fingerprint density at radius 3 is 1.33 bits per heavy atom. The van der Waals surface area contributed by atoms with Crippen LogP contribution in [0.1, 0.15) is 32.1 Å². The molecule has 0 heteroatoms. The maximum atomic E-state index is 2.18. The van der Waals surface area contributed by atoms with Gasteiger partial charge < -0.3 is 0 Å². The van der Waals surface area contributed by atoms with E-state index < -0.39 is 0 Å². The van der Waals surface area contributed by atoms with Crippen LogP contribution in [0.15, 0.2) is 12.2 Å². The summed E-state index contributed by atoms with van der Waals surface area (Å²) in [5.41, 5.74) is 0. The third kappa shape index (κ3) is 1.17. The molecule has 0 aliphatic heterocycles. The maximum absolute atomic E-state index is 2.18. The van der Waals surface area contributed by atoms with Crippen LogP contribution in [0.2, 0.25) is 0 Å². The fraction of sp³-hybridized carbons (Fsp3) is 0.778. The molecule has 0 aromatic rings. The summed E-state index contributed by atoms with van der Waals surface area (Å²) < 4.78 is 0. The molecule has 3 rings (SSSR count). The van der Waals surface area contributed by atoms with Crippen molar-refractivity contribution < 1.29 is 0 Å². The smallest absolute Gasteiger partial charge is 0.0316 e. The van der Waals surface area contributed by atoms with E-state index in [9.17, 15) is 0 Å².